The molecule has 142 valence electrons. The van der Waals surface area contributed by atoms with Crippen molar-refractivity contribution in [3.8, 4) is 0 Å². The first-order valence-corrected chi connectivity index (χ1v) is 8.98. The fourth-order valence-corrected chi connectivity index (χ4v) is 3.21. The molecule has 0 aromatic heterocycles. The molecule has 1 aromatic rings. The van der Waals surface area contributed by atoms with Crippen molar-refractivity contribution in [2.24, 2.45) is 5.92 Å². The van der Waals surface area contributed by atoms with Gasteiger partial charge in [0.15, 0.2) is 6.04 Å². The van der Waals surface area contributed by atoms with Crippen LogP contribution in [0.2, 0.25) is 5.02 Å². The van der Waals surface area contributed by atoms with Crippen LogP contribution in [0.4, 0.5) is 4.39 Å². The van der Waals surface area contributed by atoms with Crippen molar-refractivity contribution < 1.29 is 23.9 Å². The Kier molecular flexibility index (Phi) is 7.38. The molecule has 0 bridgehead atoms. The normalized spacial score (nSPS) is 15.9. The van der Waals surface area contributed by atoms with E-state index in [9.17, 15) is 23.9 Å². The Morgan fingerprint density at radius 2 is 1.88 bits per heavy atom. The van der Waals surface area contributed by atoms with Crippen molar-refractivity contribution in [2.75, 3.05) is 6.54 Å². The summed E-state index contributed by atoms with van der Waals surface area (Å²) in [6.45, 7) is -0.328. The molecule has 1 fully saturated rings. The van der Waals surface area contributed by atoms with E-state index in [1.165, 1.54) is 18.6 Å². The summed E-state index contributed by atoms with van der Waals surface area (Å²) >= 11 is 5.58. The maximum absolute atomic E-state index is 13.5. The number of carbonyl (C=O) groups excluding carboxylic acids is 2. The van der Waals surface area contributed by atoms with Crippen LogP contribution >= 0.6 is 11.6 Å². The number of amides is 2. The van der Waals surface area contributed by atoms with Gasteiger partial charge >= 0.3 is 5.97 Å². The molecule has 0 aliphatic heterocycles. The summed E-state index contributed by atoms with van der Waals surface area (Å²) in [7, 11) is 0. The molecule has 0 heterocycles. The summed E-state index contributed by atoms with van der Waals surface area (Å²) in [5.74, 6) is -2.66. The second kappa shape index (κ2) is 9.52. The molecular weight excluding hydrogens is 363 g/mol. The van der Waals surface area contributed by atoms with Crippen molar-refractivity contribution in [2.45, 2.75) is 44.6 Å². The van der Waals surface area contributed by atoms with E-state index in [0.717, 1.165) is 31.7 Å². The van der Waals surface area contributed by atoms with Gasteiger partial charge in [-0.25, -0.2) is 9.18 Å². The maximum atomic E-state index is 13.5. The number of hydrogen-bond donors (Lipinski definition) is 3. The zero-order valence-corrected chi connectivity index (χ0v) is 15.0. The van der Waals surface area contributed by atoms with Crippen LogP contribution in [-0.2, 0) is 14.4 Å². The van der Waals surface area contributed by atoms with Gasteiger partial charge < -0.3 is 15.7 Å². The zero-order valence-electron chi connectivity index (χ0n) is 14.3. The first kappa shape index (κ1) is 20.2. The highest BCUT2D eigenvalue weighted by Crippen LogP contribution is 2.26. The van der Waals surface area contributed by atoms with Gasteiger partial charge in [-0.3, -0.25) is 9.59 Å². The lowest BCUT2D eigenvalue weighted by Gasteiger charge is -2.21. The molecule has 2 rings (SSSR count). The molecule has 2 amide bonds. The van der Waals surface area contributed by atoms with Crippen molar-refractivity contribution in [1.29, 1.82) is 0 Å². The van der Waals surface area contributed by atoms with Crippen LogP contribution in [0.15, 0.2) is 18.2 Å². The summed E-state index contributed by atoms with van der Waals surface area (Å²) < 4.78 is 13.5. The Bertz CT molecular complexity index is 677. The van der Waals surface area contributed by atoms with Gasteiger partial charge in [0.2, 0.25) is 11.8 Å². The number of carbonyl (C=O) groups is 3. The SMILES string of the molecule is O=C(CC1CCCCC1)NCC(=O)NC(C(=O)O)c1ccc(Cl)c(F)c1. The zero-order chi connectivity index (χ0) is 19.1. The predicted octanol–water partition coefficient (Wildman–Crippen LogP) is 2.81. The van der Waals surface area contributed by atoms with Gasteiger partial charge in [0.25, 0.3) is 0 Å². The molecule has 0 spiro atoms. The van der Waals surface area contributed by atoms with Crippen LogP contribution < -0.4 is 10.6 Å². The summed E-state index contributed by atoms with van der Waals surface area (Å²) in [5, 5.41) is 13.9. The molecule has 8 heteroatoms. The number of nitrogens with one attached hydrogen (secondary N) is 2. The molecule has 1 atom stereocenters. The van der Waals surface area contributed by atoms with Gasteiger partial charge in [-0.05, 0) is 36.5 Å². The van der Waals surface area contributed by atoms with E-state index in [1.54, 1.807) is 0 Å². The number of benzene rings is 1. The van der Waals surface area contributed by atoms with E-state index >= 15 is 0 Å². The van der Waals surface area contributed by atoms with Crippen LogP contribution in [0.3, 0.4) is 0 Å². The molecule has 0 saturated heterocycles. The maximum Gasteiger partial charge on any atom is 0.330 e. The van der Waals surface area contributed by atoms with Crippen molar-refractivity contribution in [3.63, 3.8) is 0 Å². The Hall–Kier alpha value is -2.15. The van der Waals surface area contributed by atoms with E-state index in [2.05, 4.69) is 10.6 Å². The lowest BCUT2D eigenvalue weighted by atomic mass is 9.87. The van der Waals surface area contributed by atoms with Gasteiger partial charge in [0.1, 0.15) is 5.82 Å². The highest BCUT2D eigenvalue weighted by atomic mass is 35.5. The molecule has 1 aliphatic rings. The van der Waals surface area contributed by atoms with E-state index in [1.807, 2.05) is 0 Å². The monoisotopic (exact) mass is 384 g/mol. The number of hydrogen-bond acceptors (Lipinski definition) is 3. The molecule has 6 nitrogen and oxygen atoms in total. The Morgan fingerprint density at radius 3 is 2.50 bits per heavy atom. The molecule has 1 unspecified atom stereocenters. The minimum Gasteiger partial charge on any atom is -0.479 e. The fraction of sp³-hybridized carbons (Fsp3) is 0.500. The Balaban J connectivity index is 1.86. The molecule has 1 aromatic carbocycles. The molecule has 1 saturated carbocycles. The molecule has 0 radical (unpaired) electrons. The van der Waals surface area contributed by atoms with Crippen LogP contribution in [0.25, 0.3) is 0 Å². The lowest BCUT2D eigenvalue weighted by molar-refractivity contribution is -0.142. The number of carboxylic acid groups (broad SMARTS) is 1. The van der Waals surface area contributed by atoms with Crippen molar-refractivity contribution in [3.05, 3.63) is 34.6 Å². The smallest absolute Gasteiger partial charge is 0.330 e. The summed E-state index contributed by atoms with van der Waals surface area (Å²) in [4.78, 5) is 35.3. The highest BCUT2D eigenvalue weighted by molar-refractivity contribution is 6.30. The number of aliphatic carboxylic acids is 1. The third kappa shape index (κ3) is 5.98. The number of rotatable bonds is 7. The van der Waals surface area contributed by atoms with Gasteiger partial charge in [0, 0.05) is 6.42 Å². The summed E-state index contributed by atoms with van der Waals surface area (Å²) in [5.41, 5.74) is 0.0567. The highest BCUT2D eigenvalue weighted by Gasteiger charge is 2.23. The average Bonchev–Trinajstić information content (AvgIpc) is 2.61. The summed E-state index contributed by atoms with van der Waals surface area (Å²) in [6, 6.07) is 2.08. The van der Waals surface area contributed by atoms with E-state index < -0.39 is 23.7 Å². The number of carboxylic acids is 1. The van der Waals surface area contributed by atoms with Crippen LogP contribution in [0, 0.1) is 11.7 Å². The quantitative estimate of drug-likeness (QED) is 0.673. The Morgan fingerprint density at radius 1 is 1.19 bits per heavy atom. The largest absolute Gasteiger partial charge is 0.479 e. The second-order valence-electron chi connectivity index (χ2n) is 6.50. The van der Waals surface area contributed by atoms with E-state index in [0.29, 0.717) is 12.3 Å². The first-order chi connectivity index (χ1) is 12.4. The average molecular weight is 385 g/mol. The minimum absolute atomic E-state index is 0.0567. The minimum atomic E-state index is -1.43. The van der Waals surface area contributed by atoms with Crippen LogP contribution in [0.5, 0.6) is 0 Å². The number of halogens is 2. The second-order valence-corrected chi connectivity index (χ2v) is 6.90. The lowest BCUT2D eigenvalue weighted by Crippen LogP contribution is -2.41. The van der Waals surface area contributed by atoms with E-state index in [-0.39, 0.29) is 23.0 Å². The van der Waals surface area contributed by atoms with Gasteiger partial charge in [-0.2, -0.15) is 0 Å². The first-order valence-electron chi connectivity index (χ1n) is 8.60. The topological polar surface area (TPSA) is 95.5 Å². The van der Waals surface area contributed by atoms with Gasteiger partial charge in [-0.15, -0.1) is 0 Å². The molecule has 1 aliphatic carbocycles. The Labute approximate surface area is 156 Å². The van der Waals surface area contributed by atoms with E-state index in [4.69, 9.17) is 11.6 Å². The van der Waals surface area contributed by atoms with Crippen LogP contribution in [0.1, 0.15) is 50.1 Å². The third-order valence-corrected chi connectivity index (χ3v) is 4.78. The third-order valence-electron chi connectivity index (χ3n) is 4.47. The van der Waals surface area contributed by atoms with Gasteiger partial charge in [-0.1, -0.05) is 36.9 Å². The fourth-order valence-electron chi connectivity index (χ4n) is 3.10. The van der Waals surface area contributed by atoms with Crippen molar-refractivity contribution in [1.82, 2.24) is 10.6 Å². The van der Waals surface area contributed by atoms with Crippen LogP contribution in [-0.4, -0.2) is 29.4 Å². The van der Waals surface area contributed by atoms with Gasteiger partial charge in [0.05, 0.1) is 11.6 Å². The summed E-state index contributed by atoms with van der Waals surface area (Å²) in [6.07, 6.45) is 5.85. The molecular formula is C18H22ClFN2O4. The molecule has 3 N–H and O–H groups in total. The molecule has 26 heavy (non-hydrogen) atoms. The van der Waals surface area contributed by atoms with Crippen molar-refractivity contribution >= 4 is 29.4 Å². The predicted molar refractivity (Wildman–Crippen MR) is 94.1 cm³/mol. The standard InChI is InChI=1S/C18H22ClFN2O4/c19-13-7-6-12(9-14(13)20)17(18(25)26)22-16(24)10-21-15(23)8-11-4-2-1-3-5-11/h6-7,9,11,17H,1-5,8,10H2,(H,21,23)(H,22,24)(H,25,26).